The fraction of sp³-hybridized carbons (Fsp3) is 0.517. The Kier molecular flexibility index (Phi) is 26.9. The summed E-state index contributed by atoms with van der Waals surface area (Å²) >= 11 is 7.26. The largest absolute Gasteiger partial charge is 0.397 e. The highest BCUT2D eigenvalue weighted by Crippen LogP contribution is 2.44. The number of Topliss-reactive ketones (excluding diaryl/α,β-unsaturated/α-hetero) is 2. The molecule has 2 saturated heterocycles. The molecule has 4 aliphatic rings. The zero-order valence-corrected chi connectivity index (χ0v) is 50.2. The zero-order chi connectivity index (χ0) is 58.1. The Hall–Kier alpha value is -5.58. The molecular weight excluding hydrogens is 1100 g/mol. The molecule has 18 nitrogen and oxygen atoms in total. The standard InChI is InChI=1S/2C28H36N4O4S.C2H6O.ClH2N.ClH/c2*1-17(2)12-22(30-27(35)18(3)29)24(33)14-21-13-20-6-4-7-23(31-10-5-8-25(31)34)26(20)32(28(21)36)15-19-9-11-37-16-19;1-2-3;1-2;/h2*4,6-7,9,11,16-18,21-22H,5,8,10,12-15,29H2,1-3H3,(H,30,35);3H,2H2,1H3;2H2;1H/t2*18-,21?,22-;;;/m11.../s1. The van der Waals surface area contributed by atoms with Crippen molar-refractivity contribution < 1.29 is 43.5 Å². The van der Waals surface area contributed by atoms with Crippen LogP contribution in [0.2, 0.25) is 0 Å². The van der Waals surface area contributed by atoms with Gasteiger partial charge in [0, 0.05) is 57.2 Å². The number of anilines is 4. The first kappa shape index (κ1) is 66.9. The Morgan fingerprint density at radius 2 is 1.00 bits per heavy atom. The fourth-order valence-electron chi connectivity index (χ4n) is 10.3. The highest BCUT2D eigenvalue weighted by Gasteiger charge is 2.41. The monoisotopic (exact) mass is 1180 g/mol. The van der Waals surface area contributed by atoms with Gasteiger partial charge in [-0.25, -0.2) is 5.25 Å². The SMILES string of the molecule is CC(C)C[C@@H](NC(=O)[C@@H](C)N)C(=O)CC1Cc2cccc(N3CCCC3=O)c2N(Cc2ccsc2)C1=O.CC(C)C[C@@H](NC(=O)[C@@H](C)N)C(=O)CC1Cc2cccc(N3CCCC3=O)c2N(Cc2ccsc2)C1=O.CCO.Cl.NCl. The first-order valence-corrected chi connectivity index (χ1v) is 29.5. The van der Waals surface area contributed by atoms with E-state index in [0.717, 1.165) is 57.8 Å². The lowest BCUT2D eigenvalue weighted by atomic mass is 9.85. The molecule has 2 unspecified atom stereocenters. The summed E-state index contributed by atoms with van der Waals surface area (Å²) in [6.07, 6.45) is 4.43. The number of nitrogens with zero attached hydrogens (tertiary/aromatic N) is 4. The third-order valence-corrected chi connectivity index (χ3v) is 15.5. The van der Waals surface area contributed by atoms with Crippen LogP contribution in [0.1, 0.15) is 122 Å². The summed E-state index contributed by atoms with van der Waals surface area (Å²) in [6.45, 7) is 15.1. The van der Waals surface area contributed by atoms with Crippen LogP contribution in [0.3, 0.4) is 0 Å². The van der Waals surface area contributed by atoms with Crippen LogP contribution < -0.4 is 47.0 Å². The van der Waals surface area contributed by atoms with Gasteiger partial charge in [0.2, 0.25) is 35.4 Å². The minimum atomic E-state index is -0.724. The van der Waals surface area contributed by atoms with Crippen molar-refractivity contribution in [1.82, 2.24) is 10.6 Å². The van der Waals surface area contributed by atoms with Crippen molar-refractivity contribution in [1.29, 1.82) is 0 Å². The van der Waals surface area contributed by atoms with Gasteiger partial charge in [-0.2, -0.15) is 22.7 Å². The molecule has 0 saturated carbocycles. The van der Waals surface area contributed by atoms with Gasteiger partial charge < -0.3 is 46.8 Å². The molecule has 8 rings (SSSR count). The minimum absolute atomic E-state index is 0. The average Bonchev–Trinajstić information content (AvgIpc) is 4.27. The number of carbonyl (C=O) groups excluding carboxylic acids is 8. The Labute approximate surface area is 490 Å². The number of hydrogen-bond acceptors (Lipinski definition) is 14. The molecule has 6 heterocycles. The summed E-state index contributed by atoms with van der Waals surface area (Å²) in [6, 6.07) is 12.8. The Morgan fingerprint density at radius 1 is 0.637 bits per heavy atom. The number of benzene rings is 2. The number of para-hydroxylation sites is 2. The number of amides is 6. The van der Waals surface area contributed by atoms with Crippen molar-refractivity contribution in [2.45, 2.75) is 150 Å². The highest BCUT2D eigenvalue weighted by atomic mass is 35.5. The number of aliphatic hydroxyl groups excluding tert-OH is 1. The van der Waals surface area contributed by atoms with Crippen LogP contribution >= 0.6 is 46.9 Å². The number of carbonyl (C=O) groups is 8. The van der Waals surface area contributed by atoms with Gasteiger partial charge >= 0.3 is 0 Å². The van der Waals surface area contributed by atoms with E-state index in [-0.39, 0.29) is 90.7 Å². The van der Waals surface area contributed by atoms with Gasteiger partial charge in [-0.1, -0.05) is 52.0 Å². The van der Waals surface area contributed by atoms with Crippen LogP contribution in [0.4, 0.5) is 22.7 Å². The molecule has 0 spiro atoms. The lowest BCUT2D eigenvalue weighted by Crippen LogP contribution is -2.49. The number of aliphatic hydroxyl groups is 1. The summed E-state index contributed by atoms with van der Waals surface area (Å²) < 4.78 is 0. The quantitative estimate of drug-likeness (QED) is 0.0474. The second-order valence-corrected chi connectivity index (χ2v) is 23.0. The first-order valence-electron chi connectivity index (χ1n) is 27.2. The van der Waals surface area contributed by atoms with E-state index in [1.807, 2.05) is 97.7 Å². The molecule has 0 bridgehead atoms. The van der Waals surface area contributed by atoms with Crippen LogP contribution in [0.5, 0.6) is 0 Å². The summed E-state index contributed by atoms with van der Waals surface area (Å²) in [5.41, 5.74) is 18.4. The number of thiophene rings is 2. The van der Waals surface area contributed by atoms with Crippen molar-refractivity contribution in [2.75, 3.05) is 39.3 Å². The fourth-order valence-corrected chi connectivity index (χ4v) is 11.7. The van der Waals surface area contributed by atoms with Crippen molar-refractivity contribution in [3.63, 3.8) is 0 Å². The van der Waals surface area contributed by atoms with Gasteiger partial charge in [-0.3, -0.25) is 38.4 Å². The molecule has 4 aromatic rings. The molecule has 6 atom stereocenters. The van der Waals surface area contributed by atoms with Gasteiger partial charge in [-0.05, 0) is 151 Å². The van der Waals surface area contributed by atoms with Gasteiger partial charge in [0.1, 0.15) is 0 Å². The second-order valence-electron chi connectivity index (χ2n) is 21.4. The maximum atomic E-state index is 13.9. The number of hydrogen-bond donors (Lipinski definition) is 6. The van der Waals surface area contributed by atoms with Crippen molar-refractivity contribution in [3.05, 3.63) is 92.3 Å². The maximum Gasteiger partial charge on any atom is 0.237 e. The average molecular weight is 1180 g/mol. The first-order chi connectivity index (χ1) is 37.7. The van der Waals surface area contributed by atoms with Crippen molar-refractivity contribution >= 4 is 117 Å². The number of fused-ring (bicyclic) bond motifs is 2. The van der Waals surface area contributed by atoms with Crippen LogP contribution in [0.25, 0.3) is 0 Å². The van der Waals surface area contributed by atoms with E-state index in [1.54, 1.807) is 63.0 Å². The van der Waals surface area contributed by atoms with Gasteiger partial charge in [0.05, 0.1) is 60.0 Å². The van der Waals surface area contributed by atoms with E-state index in [9.17, 15) is 38.4 Å². The molecule has 2 aromatic carbocycles. The van der Waals surface area contributed by atoms with Gasteiger partial charge in [0.15, 0.2) is 11.6 Å². The van der Waals surface area contributed by atoms with Crippen LogP contribution in [-0.2, 0) is 64.3 Å². The predicted octanol–water partition coefficient (Wildman–Crippen LogP) is 7.35. The van der Waals surface area contributed by atoms with E-state index < -0.39 is 36.0 Å². The predicted molar refractivity (Wildman–Crippen MR) is 321 cm³/mol. The lowest BCUT2D eigenvalue weighted by molar-refractivity contribution is -0.131. The number of rotatable bonds is 20. The smallest absolute Gasteiger partial charge is 0.237 e. The molecule has 438 valence electrons. The molecule has 9 N–H and O–H groups in total. The van der Waals surface area contributed by atoms with Crippen LogP contribution in [0, 0.1) is 23.7 Å². The topological polar surface area (TPSA) is 272 Å². The number of halogens is 2. The lowest BCUT2D eigenvalue weighted by Gasteiger charge is -2.37. The van der Waals surface area contributed by atoms with E-state index >= 15 is 0 Å². The van der Waals surface area contributed by atoms with E-state index in [1.165, 1.54) is 0 Å². The normalized spacial score (nSPS) is 18.1. The molecule has 80 heavy (non-hydrogen) atoms. The summed E-state index contributed by atoms with van der Waals surface area (Å²) in [7, 11) is 0. The van der Waals surface area contributed by atoms with Crippen molar-refractivity contribution in [2.24, 2.45) is 40.4 Å². The van der Waals surface area contributed by atoms with E-state index in [2.05, 4.69) is 27.7 Å². The van der Waals surface area contributed by atoms with E-state index in [4.69, 9.17) is 16.6 Å². The van der Waals surface area contributed by atoms with E-state index in [0.29, 0.717) is 64.7 Å². The highest BCUT2D eigenvalue weighted by molar-refractivity contribution is 7.08. The Morgan fingerprint density at radius 3 is 1.29 bits per heavy atom. The van der Waals surface area contributed by atoms with Gasteiger partial charge in [0.25, 0.3) is 0 Å². The van der Waals surface area contributed by atoms with Crippen LogP contribution in [-0.4, -0.2) is 96.0 Å². The third-order valence-electron chi connectivity index (χ3n) is 14.0. The molecule has 6 amide bonds. The number of nitrogens with one attached hydrogen (secondary N) is 2. The zero-order valence-electron chi connectivity index (χ0n) is 47.0. The van der Waals surface area contributed by atoms with Crippen molar-refractivity contribution in [3.8, 4) is 0 Å². The van der Waals surface area contributed by atoms with Crippen LogP contribution in [0.15, 0.2) is 70.1 Å². The summed E-state index contributed by atoms with van der Waals surface area (Å²) in [5.74, 6) is -1.95. The summed E-state index contributed by atoms with van der Waals surface area (Å²) in [5, 5.41) is 25.1. The molecule has 4 aliphatic heterocycles. The Bertz CT molecular complexity index is 2540. The molecule has 0 radical (unpaired) electrons. The summed E-state index contributed by atoms with van der Waals surface area (Å²) in [4.78, 5) is 112. The van der Waals surface area contributed by atoms with Gasteiger partial charge in [-0.15, -0.1) is 12.4 Å². The minimum Gasteiger partial charge on any atom is -0.397 e. The third kappa shape index (κ3) is 17.7. The molecule has 2 fully saturated rings. The molecule has 2 aromatic heterocycles. The number of nitrogens with two attached hydrogens (primary N) is 3. The second kappa shape index (κ2) is 32.2. The molecule has 22 heteroatoms. The Balaban J connectivity index is 0.000000315. The maximum absolute atomic E-state index is 13.9. The molecular formula is C58H81Cl2N9O9S2. The molecule has 0 aliphatic carbocycles. The number of ketones is 2.